The molecule has 31 heavy (non-hydrogen) atoms. The molecule has 0 saturated heterocycles. The Labute approximate surface area is 182 Å². The van der Waals surface area contributed by atoms with Crippen molar-refractivity contribution in [1.29, 1.82) is 0 Å². The van der Waals surface area contributed by atoms with E-state index in [-0.39, 0.29) is 17.9 Å². The molecule has 0 aliphatic carbocycles. The minimum Gasteiger partial charge on any atom is -0.345 e. The molecule has 2 N–H and O–H groups in total. The molecule has 1 aliphatic heterocycles. The fraction of sp³-hybridized carbons (Fsp3) is 0.320. The van der Waals surface area contributed by atoms with Gasteiger partial charge in [0.2, 0.25) is 5.91 Å². The second kappa shape index (κ2) is 8.86. The molecule has 1 atom stereocenters. The van der Waals surface area contributed by atoms with Crippen molar-refractivity contribution in [2.24, 2.45) is 0 Å². The number of para-hydroxylation sites is 1. The van der Waals surface area contributed by atoms with E-state index in [1.54, 1.807) is 0 Å². The summed E-state index contributed by atoms with van der Waals surface area (Å²) in [5.41, 5.74) is 5.29. The zero-order valence-corrected chi connectivity index (χ0v) is 18.2. The molecular formula is C25H28N4O2. The average molecular weight is 417 g/mol. The van der Waals surface area contributed by atoms with Gasteiger partial charge >= 0.3 is 0 Å². The number of carbonyl (C=O) groups excluding carboxylic acids is 2. The molecule has 0 saturated carbocycles. The summed E-state index contributed by atoms with van der Waals surface area (Å²) in [5.74, 6) is -0.213. The van der Waals surface area contributed by atoms with E-state index in [0.717, 1.165) is 65.0 Å². The van der Waals surface area contributed by atoms with E-state index >= 15 is 0 Å². The van der Waals surface area contributed by atoms with Crippen LogP contribution in [0.25, 0.3) is 10.9 Å². The van der Waals surface area contributed by atoms with Crippen molar-refractivity contribution < 1.29 is 9.59 Å². The number of likely N-dealkylation sites (N-methyl/N-ethyl adjacent to an activating group) is 1. The highest BCUT2D eigenvalue weighted by Crippen LogP contribution is 2.29. The lowest BCUT2D eigenvalue weighted by atomic mass is 9.94. The van der Waals surface area contributed by atoms with Gasteiger partial charge in [0.05, 0.1) is 17.1 Å². The van der Waals surface area contributed by atoms with Gasteiger partial charge in [-0.05, 0) is 37.2 Å². The van der Waals surface area contributed by atoms with E-state index < -0.39 is 0 Å². The van der Waals surface area contributed by atoms with Gasteiger partial charge in [-0.3, -0.25) is 19.5 Å². The Kier molecular flexibility index (Phi) is 6.00. The lowest BCUT2D eigenvalue weighted by molar-refractivity contribution is -0.114. The molecular weight excluding hydrogens is 388 g/mol. The van der Waals surface area contributed by atoms with Crippen molar-refractivity contribution in [2.75, 3.05) is 18.4 Å². The van der Waals surface area contributed by atoms with Gasteiger partial charge in [-0.1, -0.05) is 37.3 Å². The van der Waals surface area contributed by atoms with Crippen molar-refractivity contribution in [1.82, 2.24) is 15.2 Å². The molecule has 6 heteroatoms. The maximum atomic E-state index is 13.5. The number of pyridine rings is 1. The first-order valence-corrected chi connectivity index (χ1v) is 10.8. The quantitative estimate of drug-likeness (QED) is 0.658. The summed E-state index contributed by atoms with van der Waals surface area (Å²) in [6.07, 6.45) is 0.850. The normalized spacial score (nSPS) is 14.7. The van der Waals surface area contributed by atoms with Crippen LogP contribution in [0.4, 0.5) is 5.69 Å². The summed E-state index contributed by atoms with van der Waals surface area (Å²) in [7, 11) is 0. The second-order valence-electron chi connectivity index (χ2n) is 8.05. The van der Waals surface area contributed by atoms with Gasteiger partial charge < -0.3 is 10.6 Å². The fourth-order valence-corrected chi connectivity index (χ4v) is 4.22. The largest absolute Gasteiger partial charge is 0.345 e. The molecule has 2 aromatic carbocycles. The number of anilines is 1. The number of hydrogen-bond acceptors (Lipinski definition) is 4. The average Bonchev–Trinajstić information content (AvgIpc) is 2.76. The van der Waals surface area contributed by atoms with Gasteiger partial charge in [0.25, 0.3) is 5.91 Å². The fourth-order valence-electron chi connectivity index (χ4n) is 4.22. The molecule has 0 radical (unpaired) electrons. The summed E-state index contributed by atoms with van der Waals surface area (Å²) in [5, 5.41) is 6.85. The van der Waals surface area contributed by atoms with Gasteiger partial charge in [-0.15, -0.1) is 0 Å². The molecule has 1 aliphatic rings. The van der Waals surface area contributed by atoms with Crippen molar-refractivity contribution in [2.45, 2.75) is 39.8 Å². The topological polar surface area (TPSA) is 74.3 Å². The number of aromatic nitrogens is 1. The van der Waals surface area contributed by atoms with E-state index in [2.05, 4.69) is 22.5 Å². The summed E-state index contributed by atoms with van der Waals surface area (Å²) >= 11 is 0. The van der Waals surface area contributed by atoms with E-state index in [9.17, 15) is 9.59 Å². The summed E-state index contributed by atoms with van der Waals surface area (Å²) < 4.78 is 0. The SMILES string of the molecule is CCN1CCc2nc3ccccc3c(C(=O)N[C@H](C)c3cccc(NC(C)=O)c3)c2C1. The predicted octanol–water partition coefficient (Wildman–Crippen LogP) is 4.06. The third-order valence-electron chi connectivity index (χ3n) is 5.85. The molecule has 2 amide bonds. The highest BCUT2D eigenvalue weighted by atomic mass is 16.2. The number of nitrogens with zero attached hydrogens (tertiary/aromatic N) is 2. The van der Waals surface area contributed by atoms with Crippen LogP contribution >= 0.6 is 0 Å². The Morgan fingerprint density at radius 3 is 2.74 bits per heavy atom. The number of hydrogen-bond donors (Lipinski definition) is 2. The Hall–Kier alpha value is -3.25. The van der Waals surface area contributed by atoms with Crippen LogP contribution in [0.15, 0.2) is 48.5 Å². The van der Waals surface area contributed by atoms with E-state index in [1.807, 2.05) is 55.5 Å². The van der Waals surface area contributed by atoms with Crippen LogP contribution in [-0.2, 0) is 17.8 Å². The van der Waals surface area contributed by atoms with Gasteiger partial charge in [-0.25, -0.2) is 0 Å². The molecule has 0 unspecified atom stereocenters. The summed E-state index contributed by atoms with van der Waals surface area (Å²) in [6.45, 7) is 8.22. The van der Waals surface area contributed by atoms with Crippen LogP contribution in [0, 0.1) is 0 Å². The van der Waals surface area contributed by atoms with Crippen molar-refractivity contribution in [3.05, 3.63) is 70.9 Å². The van der Waals surface area contributed by atoms with Crippen LogP contribution in [-0.4, -0.2) is 34.8 Å². The molecule has 0 bridgehead atoms. The summed E-state index contributed by atoms with van der Waals surface area (Å²) in [6, 6.07) is 15.2. The Balaban J connectivity index is 1.68. The molecule has 160 valence electrons. The molecule has 2 heterocycles. The van der Waals surface area contributed by atoms with Crippen molar-refractivity contribution in [3.63, 3.8) is 0 Å². The van der Waals surface area contributed by atoms with Crippen LogP contribution < -0.4 is 10.6 Å². The second-order valence-corrected chi connectivity index (χ2v) is 8.05. The Bertz CT molecular complexity index is 1140. The first-order valence-electron chi connectivity index (χ1n) is 10.8. The third-order valence-corrected chi connectivity index (χ3v) is 5.85. The zero-order chi connectivity index (χ0) is 22.0. The number of benzene rings is 2. The standard InChI is InChI=1S/C25H28N4O2/c1-4-29-13-12-23-21(15-29)24(20-10-5-6-11-22(20)28-23)25(31)26-16(2)18-8-7-9-19(14-18)27-17(3)30/h5-11,14,16H,4,12-13,15H2,1-3H3,(H,26,31)(H,27,30)/t16-/m1/s1. The number of nitrogens with one attached hydrogen (secondary N) is 2. The molecule has 3 aromatic rings. The minimum atomic E-state index is -0.213. The molecule has 0 fully saturated rings. The molecule has 4 rings (SSSR count). The monoisotopic (exact) mass is 416 g/mol. The minimum absolute atomic E-state index is 0.0924. The highest BCUT2D eigenvalue weighted by molar-refractivity contribution is 6.08. The van der Waals surface area contributed by atoms with Crippen molar-refractivity contribution >= 4 is 28.4 Å². The number of carbonyl (C=O) groups is 2. The maximum absolute atomic E-state index is 13.5. The number of rotatable bonds is 5. The first kappa shape index (κ1) is 21.0. The highest BCUT2D eigenvalue weighted by Gasteiger charge is 2.26. The Morgan fingerprint density at radius 2 is 1.97 bits per heavy atom. The van der Waals surface area contributed by atoms with Crippen molar-refractivity contribution in [3.8, 4) is 0 Å². The summed E-state index contributed by atoms with van der Waals surface area (Å²) in [4.78, 5) is 32.1. The molecule has 6 nitrogen and oxygen atoms in total. The van der Waals surface area contributed by atoms with E-state index in [1.165, 1.54) is 6.92 Å². The Morgan fingerprint density at radius 1 is 1.16 bits per heavy atom. The first-order chi connectivity index (χ1) is 15.0. The van der Waals surface area contributed by atoms with Gasteiger partial charge in [0, 0.05) is 48.8 Å². The molecule has 0 spiro atoms. The van der Waals surface area contributed by atoms with E-state index in [0.29, 0.717) is 0 Å². The van der Waals surface area contributed by atoms with Gasteiger partial charge in [0.15, 0.2) is 0 Å². The molecule has 1 aromatic heterocycles. The van der Waals surface area contributed by atoms with Gasteiger partial charge in [-0.2, -0.15) is 0 Å². The maximum Gasteiger partial charge on any atom is 0.252 e. The van der Waals surface area contributed by atoms with Crippen LogP contribution in [0.2, 0.25) is 0 Å². The lowest BCUT2D eigenvalue weighted by Gasteiger charge is -2.29. The number of fused-ring (bicyclic) bond motifs is 2. The van der Waals surface area contributed by atoms with Crippen LogP contribution in [0.3, 0.4) is 0 Å². The predicted molar refractivity (Wildman–Crippen MR) is 123 cm³/mol. The lowest BCUT2D eigenvalue weighted by Crippen LogP contribution is -2.34. The third kappa shape index (κ3) is 4.44. The van der Waals surface area contributed by atoms with Crippen LogP contribution in [0.5, 0.6) is 0 Å². The van der Waals surface area contributed by atoms with E-state index in [4.69, 9.17) is 4.98 Å². The van der Waals surface area contributed by atoms with Gasteiger partial charge in [0.1, 0.15) is 0 Å². The van der Waals surface area contributed by atoms with Crippen LogP contribution in [0.1, 0.15) is 54.0 Å². The number of amides is 2. The smallest absolute Gasteiger partial charge is 0.252 e. The zero-order valence-electron chi connectivity index (χ0n) is 18.2.